The molecular formula is C6H12N4O2. The Morgan fingerprint density at radius 2 is 2.67 bits per heavy atom. The van der Waals surface area contributed by atoms with E-state index in [-0.39, 0.29) is 12.7 Å². The van der Waals surface area contributed by atoms with Gasteiger partial charge in [0.1, 0.15) is 0 Å². The minimum Gasteiger partial charge on any atom is -0.480 e. The third-order valence-corrected chi connectivity index (χ3v) is 1.52. The van der Waals surface area contributed by atoms with Crippen molar-refractivity contribution in [3.05, 3.63) is 0 Å². The average Bonchev–Trinajstić information content (AvgIpc) is 2.01. The lowest BCUT2D eigenvalue weighted by atomic mass is 10.3. The van der Waals surface area contributed by atoms with E-state index in [4.69, 9.17) is 10.8 Å². The van der Waals surface area contributed by atoms with E-state index in [0.717, 1.165) is 6.42 Å². The highest BCUT2D eigenvalue weighted by atomic mass is 16.4. The Kier molecular flexibility index (Phi) is 2.87. The van der Waals surface area contributed by atoms with Gasteiger partial charge in [-0.1, -0.05) is 0 Å². The number of guanidine groups is 1. The second kappa shape index (κ2) is 3.91. The summed E-state index contributed by atoms with van der Waals surface area (Å²) in [4.78, 5) is 14.1. The van der Waals surface area contributed by atoms with Gasteiger partial charge in [-0.3, -0.25) is 15.1 Å². The van der Waals surface area contributed by atoms with Crippen molar-refractivity contribution in [2.75, 3.05) is 13.1 Å². The van der Waals surface area contributed by atoms with Crippen molar-refractivity contribution in [1.82, 2.24) is 10.6 Å². The number of carboxylic acid groups (broad SMARTS) is 1. The molecule has 0 radical (unpaired) electrons. The van der Waals surface area contributed by atoms with Gasteiger partial charge in [-0.2, -0.15) is 0 Å². The lowest BCUT2D eigenvalue weighted by Gasteiger charge is -2.22. The van der Waals surface area contributed by atoms with E-state index in [1.54, 1.807) is 0 Å². The van der Waals surface area contributed by atoms with Crippen LogP contribution in [0.2, 0.25) is 0 Å². The van der Waals surface area contributed by atoms with E-state index < -0.39 is 5.97 Å². The minimum absolute atomic E-state index is 0.0645. The van der Waals surface area contributed by atoms with Crippen LogP contribution < -0.4 is 16.4 Å². The summed E-state index contributed by atoms with van der Waals surface area (Å²) >= 11 is 0. The fourth-order valence-corrected chi connectivity index (χ4v) is 0.974. The lowest BCUT2D eigenvalue weighted by molar-refractivity contribution is -0.136. The number of nitrogens with one attached hydrogen (secondary N) is 2. The molecule has 0 aromatic heterocycles. The first-order valence-corrected chi connectivity index (χ1v) is 3.70. The van der Waals surface area contributed by atoms with Crippen LogP contribution in [0, 0.1) is 0 Å². The molecule has 1 heterocycles. The molecule has 1 aliphatic rings. The molecule has 1 atom stereocenters. The maximum Gasteiger partial charge on any atom is 0.317 e. The highest BCUT2D eigenvalue weighted by Gasteiger charge is 2.13. The van der Waals surface area contributed by atoms with Crippen molar-refractivity contribution in [2.45, 2.75) is 12.6 Å². The van der Waals surface area contributed by atoms with E-state index in [1.165, 1.54) is 0 Å². The second-order valence-electron chi connectivity index (χ2n) is 2.53. The van der Waals surface area contributed by atoms with Gasteiger partial charge in [0.2, 0.25) is 0 Å². The maximum atomic E-state index is 10.2. The first-order chi connectivity index (χ1) is 5.68. The van der Waals surface area contributed by atoms with E-state index in [9.17, 15) is 4.79 Å². The number of aliphatic carboxylic acids is 1. The fraction of sp³-hybridized carbons (Fsp3) is 0.667. The summed E-state index contributed by atoms with van der Waals surface area (Å²) in [7, 11) is 0. The van der Waals surface area contributed by atoms with Crippen LogP contribution in [0.5, 0.6) is 0 Å². The van der Waals surface area contributed by atoms with E-state index in [0.29, 0.717) is 12.5 Å². The molecule has 68 valence electrons. The molecular weight excluding hydrogens is 160 g/mol. The van der Waals surface area contributed by atoms with Gasteiger partial charge in [-0.25, -0.2) is 0 Å². The minimum atomic E-state index is -0.877. The molecule has 6 nitrogen and oxygen atoms in total. The fourth-order valence-electron chi connectivity index (χ4n) is 0.974. The predicted molar refractivity (Wildman–Crippen MR) is 43.7 cm³/mol. The summed E-state index contributed by atoms with van der Waals surface area (Å²) in [6, 6.07) is 0. The summed E-state index contributed by atoms with van der Waals surface area (Å²) in [6.45, 7) is 0.571. The highest BCUT2D eigenvalue weighted by Crippen LogP contribution is 1.93. The van der Waals surface area contributed by atoms with Gasteiger partial charge in [0.05, 0.1) is 12.7 Å². The average molecular weight is 172 g/mol. The maximum absolute atomic E-state index is 10.2. The van der Waals surface area contributed by atoms with Crippen LogP contribution >= 0.6 is 0 Å². The van der Waals surface area contributed by atoms with Gasteiger partial charge in [-0.05, 0) is 0 Å². The van der Waals surface area contributed by atoms with Crippen LogP contribution in [-0.4, -0.2) is 36.3 Å². The zero-order chi connectivity index (χ0) is 8.97. The van der Waals surface area contributed by atoms with Crippen LogP contribution in [0.25, 0.3) is 0 Å². The molecule has 0 fully saturated rings. The molecule has 6 heteroatoms. The van der Waals surface area contributed by atoms with Crippen LogP contribution in [0.4, 0.5) is 0 Å². The number of rotatable bonds is 3. The van der Waals surface area contributed by atoms with Crippen molar-refractivity contribution in [3.63, 3.8) is 0 Å². The van der Waals surface area contributed by atoms with Crippen molar-refractivity contribution in [3.8, 4) is 0 Å². The van der Waals surface area contributed by atoms with Gasteiger partial charge in [-0.15, -0.1) is 0 Å². The van der Waals surface area contributed by atoms with E-state index >= 15 is 0 Å². The number of carboxylic acids is 1. The number of aliphatic imine (C=N–C) groups is 1. The SMILES string of the molecule is NC1=NCC[C@@H](NCC(=O)O)N1. The third-order valence-electron chi connectivity index (χ3n) is 1.52. The Morgan fingerprint density at radius 3 is 3.25 bits per heavy atom. The first-order valence-electron chi connectivity index (χ1n) is 3.70. The molecule has 5 N–H and O–H groups in total. The van der Waals surface area contributed by atoms with Crippen molar-refractivity contribution in [2.24, 2.45) is 10.7 Å². The molecule has 0 aromatic rings. The lowest BCUT2D eigenvalue weighted by Crippen LogP contribution is -2.52. The van der Waals surface area contributed by atoms with Crippen LogP contribution in [0.1, 0.15) is 6.42 Å². The summed E-state index contributed by atoms with van der Waals surface area (Å²) in [5, 5.41) is 14.0. The van der Waals surface area contributed by atoms with Gasteiger partial charge in [0.25, 0.3) is 0 Å². The normalized spacial score (nSPS) is 22.7. The van der Waals surface area contributed by atoms with Gasteiger partial charge in [0.15, 0.2) is 5.96 Å². The van der Waals surface area contributed by atoms with Gasteiger partial charge in [0, 0.05) is 13.0 Å². The monoisotopic (exact) mass is 172 g/mol. The third kappa shape index (κ3) is 2.75. The quantitative estimate of drug-likeness (QED) is 0.406. The molecule has 0 unspecified atom stereocenters. The summed E-state index contributed by atoms with van der Waals surface area (Å²) in [5.41, 5.74) is 5.38. The van der Waals surface area contributed by atoms with Gasteiger partial charge < -0.3 is 16.2 Å². The Morgan fingerprint density at radius 1 is 1.92 bits per heavy atom. The largest absolute Gasteiger partial charge is 0.480 e. The molecule has 0 aromatic carbocycles. The topological polar surface area (TPSA) is 99.7 Å². The van der Waals surface area contributed by atoms with Crippen LogP contribution in [0.3, 0.4) is 0 Å². The van der Waals surface area contributed by atoms with E-state index in [2.05, 4.69) is 15.6 Å². The molecule has 0 saturated carbocycles. The van der Waals surface area contributed by atoms with E-state index in [1.807, 2.05) is 0 Å². The second-order valence-corrected chi connectivity index (χ2v) is 2.53. The van der Waals surface area contributed by atoms with Crippen LogP contribution in [-0.2, 0) is 4.79 Å². The Hall–Kier alpha value is -1.30. The summed E-state index contributed by atoms with van der Waals surface area (Å²) in [6.07, 6.45) is 0.687. The smallest absolute Gasteiger partial charge is 0.317 e. The number of hydrogen-bond acceptors (Lipinski definition) is 5. The first kappa shape index (κ1) is 8.79. The number of nitrogens with zero attached hydrogens (tertiary/aromatic N) is 1. The standard InChI is InChI=1S/C6H12N4O2/c7-6-8-2-1-4(10-6)9-3-5(11)12/h4,9H,1-3H2,(H,11,12)(H3,7,8,10)/t4-/m0/s1. The molecule has 0 amide bonds. The highest BCUT2D eigenvalue weighted by molar-refractivity contribution is 5.78. The van der Waals surface area contributed by atoms with Crippen molar-refractivity contribution < 1.29 is 9.90 Å². The molecule has 1 aliphatic heterocycles. The van der Waals surface area contributed by atoms with Crippen LogP contribution in [0.15, 0.2) is 4.99 Å². The van der Waals surface area contributed by atoms with Crippen molar-refractivity contribution >= 4 is 11.9 Å². The Balaban J connectivity index is 2.26. The molecule has 0 aliphatic carbocycles. The molecule has 0 bridgehead atoms. The zero-order valence-corrected chi connectivity index (χ0v) is 6.58. The molecule has 0 saturated heterocycles. The summed E-state index contributed by atoms with van der Waals surface area (Å²) in [5.74, 6) is -0.512. The molecule has 1 rings (SSSR count). The van der Waals surface area contributed by atoms with Crippen molar-refractivity contribution in [1.29, 1.82) is 0 Å². The van der Waals surface area contributed by atoms with Gasteiger partial charge >= 0.3 is 5.97 Å². The number of carbonyl (C=O) groups is 1. The molecule has 0 spiro atoms. The summed E-state index contributed by atoms with van der Waals surface area (Å²) < 4.78 is 0. The zero-order valence-electron chi connectivity index (χ0n) is 6.58. The number of nitrogens with two attached hydrogens (primary N) is 1. The Bertz CT molecular complexity index is 204. The molecule has 12 heavy (non-hydrogen) atoms. The predicted octanol–water partition coefficient (Wildman–Crippen LogP) is -1.71. The Labute approximate surface area is 69.8 Å². The number of hydrogen-bond donors (Lipinski definition) is 4.